The number of benzene rings is 2. The Morgan fingerprint density at radius 3 is 2.33 bits per heavy atom. The van der Waals surface area contributed by atoms with Gasteiger partial charge in [0.15, 0.2) is 0 Å². The predicted molar refractivity (Wildman–Crippen MR) is 136 cm³/mol. The maximum Gasteiger partial charge on any atom is 0.416 e. The molecule has 3 atom stereocenters. The number of methoxy groups -OCH3 is 1. The van der Waals surface area contributed by atoms with Crippen molar-refractivity contribution in [3.8, 4) is 5.75 Å². The Kier molecular flexibility index (Phi) is 7.38. The molecule has 1 heterocycles. The van der Waals surface area contributed by atoms with Crippen LogP contribution in [-0.4, -0.2) is 24.7 Å². The van der Waals surface area contributed by atoms with Crippen LogP contribution >= 0.6 is 0 Å². The fourth-order valence-electron chi connectivity index (χ4n) is 6.53. The Bertz CT molecular complexity index is 1260. The summed E-state index contributed by atoms with van der Waals surface area (Å²) < 4.78 is 92.0. The Hall–Kier alpha value is -2.75. The highest BCUT2D eigenvalue weighted by atomic mass is 19.4. The number of carbonyl (C=O) groups is 1. The van der Waals surface area contributed by atoms with Crippen molar-refractivity contribution >= 4 is 5.97 Å². The monoisotopic (exact) mass is 569 g/mol. The van der Waals surface area contributed by atoms with Crippen LogP contribution < -0.4 is 10.1 Å². The van der Waals surface area contributed by atoms with Crippen molar-refractivity contribution in [2.45, 2.75) is 88.3 Å². The molecule has 2 fully saturated rings. The quantitative estimate of drug-likeness (QED) is 0.276. The minimum atomic E-state index is -4.77. The number of aryl methyl sites for hydroxylation is 1. The molecular formula is C30H33F6NO3. The molecule has 0 bridgehead atoms. The summed E-state index contributed by atoms with van der Waals surface area (Å²) in [6.07, 6.45) is -4.80. The number of ether oxygens (including phenoxy) is 2. The van der Waals surface area contributed by atoms with Gasteiger partial charge in [-0.05, 0) is 85.4 Å². The number of alkyl halides is 6. The average molecular weight is 570 g/mol. The Morgan fingerprint density at radius 2 is 1.73 bits per heavy atom. The summed E-state index contributed by atoms with van der Waals surface area (Å²) in [6.45, 7) is 3.34. The van der Waals surface area contributed by atoms with Crippen molar-refractivity contribution in [3.63, 3.8) is 0 Å². The van der Waals surface area contributed by atoms with Crippen LogP contribution in [-0.2, 0) is 28.3 Å². The minimum Gasteiger partial charge on any atom is -0.487 e. The predicted octanol–water partition coefficient (Wildman–Crippen LogP) is 7.60. The molecular weight excluding hydrogens is 536 g/mol. The van der Waals surface area contributed by atoms with Gasteiger partial charge in [0.05, 0.1) is 24.2 Å². The molecule has 0 unspecified atom stereocenters. The van der Waals surface area contributed by atoms with Gasteiger partial charge in [0.25, 0.3) is 0 Å². The van der Waals surface area contributed by atoms with E-state index < -0.39 is 40.7 Å². The first-order valence-electron chi connectivity index (χ1n) is 13.6. The molecule has 4 nitrogen and oxygen atoms in total. The molecule has 0 saturated heterocycles. The molecule has 40 heavy (non-hydrogen) atoms. The molecule has 1 aliphatic heterocycles. The van der Waals surface area contributed by atoms with E-state index in [1.54, 1.807) is 0 Å². The molecule has 2 aliphatic carbocycles. The highest BCUT2D eigenvalue weighted by Gasteiger charge is 2.49. The summed E-state index contributed by atoms with van der Waals surface area (Å²) in [5, 5.41) is 3.11. The average Bonchev–Trinajstić information content (AvgIpc) is 3.70. The molecule has 5 rings (SSSR count). The first kappa shape index (κ1) is 28.8. The number of esters is 1. The molecule has 2 saturated carbocycles. The fraction of sp³-hybridized carbons (Fsp3) is 0.567. The van der Waals surface area contributed by atoms with Gasteiger partial charge in [-0.2, -0.15) is 26.3 Å². The second-order valence-electron chi connectivity index (χ2n) is 11.6. The molecule has 1 spiro atoms. The zero-order chi connectivity index (χ0) is 29.0. The number of rotatable bonds is 7. The standard InChI is InChI=1S/C30H33F6NO3/c1-16(27(38)39-3)26(19-5-6-19)20-7-4-18-10-11-28(40-25(18)12-20)14-22(15-28)37-17(2)23-13-21(29(31,32)33)8-9-24(23)30(34,35)36/h4,7-9,12-13,16-17,19,22,26,37H,5-6,10-11,14-15H2,1-3H3/t16-,17-,22?,26-,28?/m0/s1. The van der Waals surface area contributed by atoms with Crippen LogP contribution in [0.3, 0.4) is 0 Å². The van der Waals surface area contributed by atoms with Crippen molar-refractivity contribution in [1.29, 1.82) is 0 Å². The molecule has 1 N–H and O–H groups in total. The lowest BCUT2D eigenvalue weighted by Gasteiger charge is -2.51. The third kappa shape index (κ3) is 5.69. The van der Waals surface area contributed by atoms with Gasteiger partial charge in [0, 0.05) is 24.9 Å². The van der Waals surface area contributed by atoms with E-state index in [9.17, 15) is 31.1 Å². The van der Waals surface area contributed by atoms with Crippen LogP contribution in [0.1, 0.15) is 85.7 Å². The van der Waals surface area contributed by atoms with Gasteiger partial charge >= 0.3 is 18.3 Å². The van der Waals surface area contributed by atoms with Gasteiger partial charge in [-0.1, -0.05) is 19.1 Å². The van der Waals surface area contributed by atoms with Gasteiger partial charge in [-0.25, -0.2) is 0 Å². The van der Waals surface area contributed by atoms with Crippen molar-refractivity contribution in [2.24, 2.45) is 11.8 Å². The lowest BCUT2D eigenvalue weighted by molar-refractivity contribution is -0.146. The molecule has 0 aromatic heterocycles. The van der Waals surface area contributed by atoms with Crippen molar-refractivity contribution in [1.82, 2.24) is 5.32 Å². The van der Waals surface area contributed by atoms with E-state index >= 15 is 0 Å². The Morgan fingerprint density at radius 1 is 1.02 bits per heavy atom. The maximum absolute atomic E-state index is 13.6. The Labute approximate surface area is 229 Å². The zero-order valence-corrected chi connectivity index (χ0v) is 22.6. The highest BCUT2D eigenvalue weighted by molar-refractivity contribution is 5.73. The van der Waals surface area contributed by atoms with Gasteiger partial charge in [-0.15, -0.1) is 0 Å². The van der Waals surface area contributed by atoms with E-state index in [0.717, 1.165) is 42.6 Å². The summed E-state index contributed by atoms with van der Waals surface area (Å²) >= 11 is 0. The second-order valence-corrected chi connectivity index (χ2v) is 11.6. The van der Waals surface area contributed by atoms with Crippen molar-refractivity contribution in [3.05, 3.63) is 64.2 Å². The smallest absolute Gasteiger partial charge is 0.416 e. The normalized spacial score (nSPS) is 24.9. The topological polar surface area (TPSA) is 47.6 Å². The SMILES string of the molecule is COC(=O)[C@@H](C)[C@H](c1ccc2c(c1)OC1(CC2)CC(N[C@@H](C)c2cc(C(F)(F)F)ccc2C(F)(F)F)C1)C1CC1. The van der Waals surface area contributed by atoms with Crippen LogP contribution in [0, 0.1) is 11.8 Å². The van der Waals surface area contributed by atoms with E-state index in [0.29, 0.717) is 37.0 Å². The third-order valence-corrected chi connectivity index (χ3v) is 8.77. The van der Waals surface area contributed by atoms with Gasteiger partial charge in [0.1, 0.15) is 11.4 Å². The first-order chi connectivity index (χ1) is 18.7. The third-order valence-electron chi connectivity index (χ3n) is 8.77. The lowest BCUT2D eigenvalue weighted by atomic mass is 9.70. The number of hydrogen-bond acceptors (Lipinski definition) is 4. The number of fused-ring (bicyclic) bond motifs is 1. The fourth-order valence-corrected chi connectivity index (χ4v) is 6.53. The minimum absolute atomic E-state index is 0.0335. The number of halogens is 6. The maximum atomic E-state index is 13.6. The second kappa shape index (κ2) is 10.3. The van der Waals surface area contributed by atoms with Crippen LogP contribution in [0.2, 0.25) is 0 Å². The molecule has 2 aromatic rings. The summed E-state index contributed by atoms with van der Waals surface area (Å²) in [6, 6.07) is 6.54. The zero-order valence-electron chi connectivity index (χ0n) is 22.6. The van der Waals surface area contributed by atoms with Crippen molar-refractivity contribution in [2.75, 3.05) is 7.11 Å². The number of hydrogen-bond donors (Lipinski definition) is 1. The van der Waals surface area contributed by atoms with E-state index in [-0.39, 0.29) is 23.8 Å². The van der Waals surface area contributed by atoms with E-state index in [4.69, 9.17) is 9.47 Å². The molecule has 218 valence electrons. The summed E-state index contributed by atoms with van der Waals surface area (Å²) in [5.74, 6) is 0.676. The van der Waals surface area contributed by atoms with Gasteiger partial charge in [-0.3, -0.25) is 4.79 Å². The van der Waals surface area contributed by atoms with E-state index in [1.807, 2.05) is 19.1 Å². The van der Waals surface area contributed by atoms with Crippen molar-refractivity contribution < 1.29 is 40.6 Å². The molecule has 0 radical (unpaired) electrons. The highest BCUT2D eigenvalue weighted by Crippen LogP contribution is 2.50. The summed E-state index contributed by atoms with van der Waals surface area (Å²) in [5.41, 5.74) is -0.985. The van der Waals surface area contributed by atoms with Crippen LogP contribution in [0.4, 0.5) is 26.3 Å². The summed E-state index contributed by atoms with van der Waals surface area (Å²) in [4.78, 5) is 12.3. The number of carbonyl (C=O) groups excluding carboxylic acids is 1. The molecule has 2 aromatic carbocycles. The largest absolute Gasteiger partial charge is 0.487 e. The van der Waals surface area contributed by atoms with Crippen LogP contribution in [0.15, 0.2) is 36.4 Å². The first-order valence-corrected chi connectivity index (χ1v) is 13.6. The van der Waals surface area contributed by atoms with E-state index in [1.165, 1.54) is 14.0 Å². The van der Waals surface area contributed by atoms with Crippen LogP contribution in [0.5, 0.6) is 5.75 Å². The Balaban J connectivity index is 1.29. The van der Waals surface area contributed by atoms with Gasteiger partial charge in [0.2, 0.25) is 0 Å². The van der Waals surface area contributed by atoms with E-state index in [2.05, 4.69) is 11.4 Å². The lowest BCUT2D eigenvalue weighted by Crippen LogP contribution is -2.58. The molecule has 0 amide bonds. The summed E-state index contributed by atoms with van der Waals surface area (Å²) in [7, 11) is 1.39. The molecule has 10 heteroatoms. The molecule has 3 aliphatic rings. The number of nitrogens with one attached hydrogen (secondary N) is 1. The van der Waals surface area contributed by atoms with Gasteiger partial charge < -0.3 is 14.8 Å². The van der Waals surface area contributed by atoms with Crippen LogP contribution in [0.25, 0.3) is 0 Å².